The predicted octanol–water partition coefficient (Wildman–Crippen LogP) is 1.07. The zero-order valence-corrected chi connectivity index (χ0v) is 7.95. The maximum atomic E-state index is 10.7. The second kappa shape index (κ2) is 3.46. The van der Waals surface area contributed by atoms with Crippen LogP contribution in [0.2, 0.25) is 0 Å². The van der Waals surface area contributed by atoms with Crippen LogP contribution < -0.4 is 5.73 Å². The van der Waals surface area contributed by atoms with Gasteiger partial charge in [-0.25, -0.2) is 0 Å². The number of H-pyrrole nitrogens is 1. The normalized spacial score (nSPS) is 10.1. The molecule has 0 saturated heterocycles. The Bertz CT molecular complexity index is 563. The molecule has 0 radical (unpaired) electrons. The number of nitrogens with one attached hydrogen (secondary N) is 1. The van der Waals surface area contributed by atoms with E-state index in [-0.39, 0.29) is 12.3 Å². The van der Waals surface area contributed by atoms with Crippen LogP contribution in [0.5, 0.6) is 0 Å². The van der Waals surface area contributed by atoms with E-state index in [4.69, 9.17) is 11.0 Å². The van der Waals surface area contributed by atoms with Gasteiger partial charge in [-0.3, -0.25) is 4.79 Å². The van der Waals surface area contributed by atoms with E-state index in [9.17, 15) is 4.79 Å². The molecule has 0 fully saturated rings. The Kier molecular flexibility index (Phi) is 2.14. The molecule has 74 valence electrons. The topological polar surface area (TPSA) is 82.7 Å². The Morgan fingerprint density at radius 1 is 1.47 bits per heavy atom. The number of hydrogen-bond donors (Lipinski definition) is 2. The molecule has 15 heavy (non-hydrogen) atoms. The summed E-state index contributed by atoms with van der Waals surface area (Å²) in [5.41, 5.74) is 7.37. The van der Waals surface area contributed by atoms with Gasteiger partial charge in [-0.05, 0) is 24.3 Å². The zero-order chi connectivity index (χ0) is 10.8. The summed E-state index contributed by atoms with van der Waals surface area (Å²) in [5.74, 6) is -0.373. The second-order valence-electron chi connectivity index (χ2n) is 3.35. The van der Waals surface area contributed by atoms with Crippen molar-refractivity contribution >= 4 is 16.8 Å². The fourth-order valence-electron chi connectivity index (χ4n) is 1.55. The summed E-state index contributed by atoms with van der Waals surface area (Å²) in [5, 5.41) is 9.64. The Hall–Kier alpha value is -2.28. The maximum Gasteiger partial charge on any atom is 0.223 e. The molecule has 0 aliphatic rings. The van der Waals surface area contributed by atoms with Crippen LogP contribution in [-0.2, 0) is 11.2 Å². The summed E-state index contributed by atoms with van der Waals surface area (Å²) in [6.07, 6.45) is 0.191. The van der Waals surface area contributed by atoms with Gasteiger partial charge in [0.25, 0.3) is 0 Å². The van der Waals surface area contributed by atoms with Gasteiger partial charge in [0.05, 0.1) is 18.1 Å². The monoisotopic (exact) mass is 199 g/mol. The molecule has 4 nitrogen and oxygen atoms in total. The summed E-state index contributed by atoms with van der Waals surface area (Å²) in [4.78, 5) is 13.8. The number of hydrogen-bond acceptors (Lipinski definition) is 2. The molecule has 0 unspecified atom stereocenters. The molecule has 2 rings (SSSR count). The van der Waals surface area contributed by atoms with Gasteiger partial charge >= 0.3 is 0 Å². The highest BCUT2D eigenvalue weighted by Crippen LogP contribution is 2.17. The first-order valence-corrected chi connectivity index (χ1v) is 4.49. The standard InChI is InChI=1S/C11H9N3O/c12-6-7-1-2-10-8(3-7)4-9(14-10)5-11(13)15/h1-4,14H,5H2,(H2,13,15). The molecule has 4 heteroatoms. The molecule has 0 bridgehead atoms. The van der Waals surface area contributed by atoms with Crippen LogP contribution in [-0.4, -0.2) is 10.9 Å². The number of nitrogens with two attached hydrogens (primary N) is 1. The molecule has 0 aliphatic carbocycles. The molecule has 0 saturated carbocycles. The number of amides is 1. The largest absolute Gasteiger partial charge is 0.369 e. The molecule has 3 N–H and O–H groups in total. The van der Waals surface area contributed by atoms with Gasteiger partial charge in [-0.2, -0.15) is 5.26 Å². The van der Waals surface area contributed by atoms with E-state index in [1.54, 1.807) is 12.1 Å². The SMILES string of the molecule is N#Cc1ccc2[nH]c(CC(N)=O)cc2c1. The van der Waals surface area contributed by atoms with Crippen LogP contribution in [0.3, 0.4) is 0 Å². The lowest BCUT2D eigenvalue weighted by molar-refractivity contribution is -0.117. The van der Waals surface area contributed by atoms with Crippen molar-refractivity contribution in [2.24, 2.45) is 5.73 Å². The van der Waals surface area contributed by atoms with Gasteiger partial charge in [0.1, 0.15) is 0 Å². The number of nitrogens with zero attached hydrogens (tertiary/aromatic N) is 1. The zero-order valence-electron chi connectivity index (χ0n) is 7.95. The Labute approximate surface area is 86.3 Å². The van der Waals surface area contributed by atoms with Crippen LogP contribution in [0.4, 0.5) is 0 Å². The minimum Gasteiger partial charge on any atom is -0.369 e. The first kappa shape index (κ1) is 9.28. The van der Waals surface area contributed by atoms with Gasteiger partial charge in [0.2, 0.25) is 5.91 Å². The van der Waals surface area contributed by atoms with E-state index in [1.165, 1.54) is 0 Å². The summed E-state index contributed by atoms with van der Waals surface area (Å²) < 4.78 is 0. The first-order chi connectivity index (χ1) is 7.19. The summed E-state index contributed by atoms with van der Waals surface area (Å²) >= 11 is 0. The van der Waals surface area contributed by atoms with E-state index in [2.05, 4.69) is 11.1 Å². The van der Waals surface area contributed by atoms with Gasteiger partial charge in [0.15, 0.2) is 0 Å². The van der Waals surface area contributed by atoms with Crippen molar-refractivity contribution in [1.82, 2.24) is 4.98 Å². The molecule has 0 spiro atoms. The quantitative estimate of drug-likeness (QED) is 0.758. The van der Waals surface area contributed by atoms with Crippen LogP contribution in [0.25, 0.3) is 10.9 Å². The molecule has 2 aromatic rings. The van der Waals surface area contributed by atoms with Crippen molar-refractivity contribution in [3.8, 4) is 6.07 Å². The number of rotatable bonds is 2. The maximum absolute atomic E-state index is 10.7. The highest BCUT2D eigenvalue weighted by Gasteiger charge is 2.04. The highest BCUT2D eigenvalue weighted by molar-refractivity contribution is 5.84. The lowest BCUT2D eigenvalue weighted by Gasteiger charge is -1.89. The van der Waals surface area contributed by atoms with Crippen molar-refractivity contribution in [3.05, 3.63) is 35.5 Å². The average Bonchev–Trinajstić information content (AvgIpc) is 2.57. The molecule has 0 atom stereocenters. The van der Waals surface area contributed by atoms with Crippen LogP contribution in [0, 0.1) is 11.3 Å². The van der Waals surface area contributed by atoms with E-state index in [0.717, 1.165) is 16.6 Å². The van der Waals surface area contributed by atoms with Gasteiger partial charge in [0, 0.05) is 16.6 Å². The second-order valence-corrected chi connectivity index (χ2v) is 3.35. The summed E-state index contributed by atoms with van der Waals surface area (Å²) in [6, 6.07) is 9.22. The third-order valence-corrected chi connectivity index (χ3v) is 2.17. The summed E-state index contributed by atoms with van der Waals surface area (Å²) in [7, 11) is 0. The number of carbonyl (C=O) groups is 1. The number of fused-ring (bicyclic) bond motifs is 1. The molecule has 1 aromatic heterocycles. The predicted molar refractivity (Wildman–Crippen MR) is 55.9 cm³/mol. The number of nitriles is 1. The van der Waals surface area contributed by atoms with E-state index < -0.39 is 0 Å². The minimum absolute atomic E-state index is 0.191. The molecule has 1 amide bonds. The Balaban J connectivity index is 2.47. The number of aromatic nitrogens is 1. The van der Waals surface area contributed by atoms with E-state index in [1.807, 2.05) is 12.1 Å². The van der Waals surface area contributed by atoms with E-state index in [0.29, 0.717) is 5.56 Å². The number of aromatic amines is 1. The highest BCUT2D eigenvalue weighted by atomic mass is 16.1. The third kappa shape index (κ3) is 1.81. The van der Waals surface area contributed by atoms with Crippen LogP contribution in [0.15, 0.2) is 24.3 Å². The van der Waals surface area contributed by atoms with Crippen LogP contribution >= 0.6 is 0 Å². The van der Waals surface area contributed by atoms with Crippen molar-refractivity contribution < 1.29 is 4.79 Å². The van der Waals surface area contributed by atoms with Crippen molar-refractivity contribution in [1.29, 1.82) is 5.26 Å². The van der Waals surface area contributed by atoms with Gasteiger partial charge in [-0.15, -0.1) is 0 Å². The van der Waals surface area contributed by atoms with Crippen molar-refractivity contribution in [3.63, 3.8) is 0 Å². The van der Waals surface area contributed by atoms with Crippen molar-refractivity contribution in [2.75, 3.05) is 0 Å². The molecular formula is C11H9N3O. The fourth-order valence-corrected chi connectivity index (χ4v) is 1.55. The molecule has 1 heterocycles. The first-order valence-electron chi connectivity index (χ1n) is 4.49. The Morgan fingerprint density at radius 3 is 2.93 bits per heavy atom. The van der Waals surface area contributed by atoms with Crippen molar-refractivity contribution in [2.45, 2.75) is 6.42 Å². The van der Waals surface area contributed by atoms with E-state index >= 15 is 0 Å². The molecule has 1 aromatic carbocycles. The Morgan fingerprint density at radius 2 is 2.27 bits per heavy atom. The molecular weight excluding hydrogens is 190 g/mol. The minimum atomic E-state index is -0.373. The average molecular weight is 199 g/mol. The fraction of sp³-hybridized carbons (Fsp3) is 0.0909. The van der Waals surface area contributed by atoms with Crippen LogP contribution in [0.1, 0.15) is 11.3 Å². The van der Waals surface area contributed by atoms with Gasteiger partial charge in [-0.1, -0.05) is 0 Å². The molecule has 0 aliphatic heterocycles. The smallest absolute Gasteiger partial charge is 0.223 e. The lowest BCUT2D eigenvalue weighted by atomic mass is 10.2. The third-order valence-electron chi connectivity index (χ3n) is 2.17. The van der Waals surface area contributed by atoms with Gasteiger partial charge < -0.3 is 10.7 Å². The summed E-state index contributed by atoms with van der Waals surface area (Å²) in [6.45, 7) is 0. The number of benzene rings is 1. The number of primary amides is 1. The lowest BCUT2D eigenvalue weighted by Crippen LogP contribution is -2.13. The number of carbonyl (C=O) groups excluding carboxylic acids is 1.